The Morgan fingerprint density at radius 1 is 1.15 bits per heavy atom. The second kappa shape index (κ2) is 9.02. The lowest BCUT2D eigenvalue weighted by Crippen LogP contribution is -2.38. The predicted molar refractivity (Wildman–Crippen MR) is 117 cm³/mol. The zero-order valence-electron chi connectivity index (χ0n) is 15.2. The van der Waals surface area contributed by atoms with Crippen molar-refractivity contribution >= 4 is 41.5 Å². The minimum absolute atomic E-state index is 0. The van der Waals surface area contributed by atoms with Crippen molar-refractivity contribution in [2.75, 3.05) is 18.4 Å². The van der Waals surface area contributed by atoms with Crippen LogP contribution in [0.5, 0.6) is 0 Å². The van der Waals surface area contributed by atoms with Crippen LogP contribution >= 0.6 is 24.0 Å². The molecular formula is C20H25IN4O. The van der Waals surface area contributed by atoms with E-state index >= 15 is 0 Å². The van der Waals surface area contributed by atoms with E-state index in [4.69, 9.17) is 5.73 Å². The maximum atomic E-state index is 12.4. The van der Waals surface area contributed by atoms with Gasteiger partial charge in [-0.25, -0.2) is 4.99 Å². The van der Waals surface area contributed by atoms with Gasteiger partial charge >= 0.3 is 0 Å². The summed E-state index contributed by atoms with van der Waals surface area (Å²) in [4.78, 5) is 18.5. The highest BCUT2D eigenvalue weighted by Gasteiger charge is 2.19. The zero-order valence-corrected chi connectivity index (χ0v) is 17.5. The Bertz CT molecular complexity index is 799. The lowest BCUT2D eigenvalue weighted by atomic mass is 10.00. The number of nitrogens with zero attached hydrogens (tertiary/aromatic N) is 2. The number of benzene rings is 2. The maximum absolute atomic E-state index is 12.4. The van der Waals surface area contributed by atoms with Gasteiger partial charge in [0.15, 0.2) is 5.96 Å². The normalized spacial score (nSPS) is 13.6. The Kier molecular flexibility index (Phi) is 7.02. The summed E-state index contributed by atoms with van der Waals surface area (Å²) < 4.78 is 0. The molecular weight excluding hydrogens is 439 g/mol. The monoisotopic (exact) mass is 464 g/mol. The summed E-state index contributed by atoms with van der Waals surface area (Å²) in [7, 11) is 0. The quantitative estimate of drug-likeness (QED) is 0.417. The summed E-state index contributed by atoms with van der Waals surface area (Å²) in [6.07, 6.45) is 0.891. The highest BCUT2D eigenvalue weighted by atomic mass is 127. The number of hydrogen-bond acceptors (Lipinski definition) is 2. The Morgan fingerprint density at radius 3 is 2.50 bits per heavy atom. The summed E-state index contributed by atoms with van der Waals surface area (Å²) in [5, 5.41) is 3.05. The second-order valence-corrected chi connectivity index (χ2v) is 6.54. The van der Waals surface area contributed by atoms with Gasteiger partial charge in [-0.2, -0.15) is 0 Å². The molecule has 0 aromatic heterocycles. The molecule has 138 valence electrons. The lowest BCUT2D eigenvalue weighted by Gasteiger charge is -2.28. The van der Waals surface area contributed by atoms with Gasteiger partial charge in [0.1, 0.15) is 6.54 Å². The molecule has 0 fully saturated rings. The number of hydrogen-bond donors (Lipinski definition) is 2. The summed E-state index contributed by atoms with van der Waals surface area (Å²) >= 11 is 0. The first kappa shape index (κ1) is 20.2. The molecule has 0 aliphatic carbocycles. The van der Waals surface area contributed by atoms with Gasteiger partial charge in [0.2, 0.25) is 5.91 Å². The molecule has 0 saturated carbocycles. The van der Waals surface area contributed by atoms with Gasteiger partial charge < -0.3 is 16.0 Å². The van der Waals surface area contributed by atoms with Crippen molar-refractivity contribution in [2.45, 2.75) is 26.8 Å². The van der Waals surface area contributed by atoms with Crippen LogP contribution in [0.2, 0.25) is 0 Å². The second-order valence-electron chi connectivity index (χ2n) is 6.54. The highest BCUT2D eigenvalue weighted by Crippen LogP contribution is 2.18. The van der Waals surface area contributed by atoms with Crippen molar-refractivity contribution in [3.05, 3.63) is 64.7 Å². The van der Waals surface area contributed by atoms with Crippen molar-refractivity contribution < 1.29 is 4.79 Å². The van der Waals surface area contributed by atoms with Crippen LogP contribution in [0.4, 0.5) is 5.69 Å². The van der Waals surface area contributed by atoms with Crippen molar-refractivity contribution in [2.24, 2.45) is 10.7 Å². The van der Waals surface area contributed by atoms with Crippen LogP contribution in [-0.2, 0) is 17.8 Å². The van der Waals surface area contributed by atoms with E-state index in [9.17, 15) is 4.79 Å². The van der Waals surface area contributed by atoms with Crippen molar-refractivity contribution in [1.82, 2.24) is 4.90 Å². The minimum Gasteiger partial charge on any atom is -0.370 e. The van der Waals surface area contributed by atoms with Crippen molar-refractivity contribution in [3.63, 3.8) is 0 Å². The van der Waals surface area contributed by atoms with Crippen LogP contribution < -0.4 is 11.1 Å². The Hall–Kier alpha value is -2.09. The van der Waals surface area contributed by atoms with Crippen LogP contribution in [-0.4, -0.2) is 29.9 Å². The highest BCUT2D eigenvalue weighted by molar-refractivity contribution is 14.0. The largest absolute Gasteiger partial charge is 0.370 e. The molecule has 0 saturated heterocycles. The molecule has 0 spiro atoms. The van der Waals surface area contributed by atoms with E-state index in [2.05, 4.69) is 28.5 Å². The lowest BCUT2D eigenvalue weighted by molar-refractivity contribution is -0.130. The number of nitrogens with one attached hydrogen (secondary N) is 1. The molecule has 1 aliphatic heterocycles. The average molecular weight is 464 g/mol. The number of fused-ring (bicyclic) bond motifs is 1. The van der Waals surface area contributed by atoms with Crippen LogP contribution in [0.1, 0.15) is 22.3 Å². The third-order valence-electron chi connectivity index (χ3n) is 4.36. The van der Waals surface area contributed by atoms with E-state index in [0.717, 1.165) is 29.8 Å². The number of anilines is 1. The summed E-state index contributed by atoms with van der Waals surface area (Å²) in [6.45, 7) is 5.50. The first-order valence-electron chi connectivity index (χ1n) is 8.51. The van der Waals surface area contributed by atoms with E-state index < -0.39 is 0 Å². The van der Waals surface area contributed by atoms with Gasteiger partial charge in [0.25, 0.3) is 0 Å². The smallest absolute Gasteiger partial charge is 0.244 e. The van der Waals surface area contributed by atoms with E-state index in [0.29, 0.717) is 6.54 Å². The maximum Gasteiger partial charge on any atom is 0.244 e. The fourth-order valence-corrected chi connectivity index (χ4v) is 3.20. The Morgan fingerprint density at radius 2 is 1.81 bits per heavy atom. The molecule has 2 aromatic carbocycles. The van der Waals surface area contributed by atoms with Crippen molar-refractivity contribution in [1.29, 1.82) is 0 Å². The third kappa shape index (κ3) is 5.20. The molecule has 6 heteroatoms. The number of carbonyl (C=O) groups excluding carboxylic acids is 1. The summed E-state index contributed by atoms with van der Waals surface area (Å²) in [5.41, 5.74) is 11.7. The molecule has 3 rings (SSSR count). The number of halogens is 1. The molecule has 0 radical (unpaired) electrons. The number of carbonyl (C=O) groups is 1. The molecule has 1 aliphatic rings. The molecule has 3 N–H and O–H groups in total. The topological polar surface area (TPSA) is 70.7 Å². The van der Waals surface area contributed by atoms with E-state index in [-0.39, 0.29) is 42.4 Å². The first-order chi connectivity index (χ1) is 12.0. The molecule has 2 aromatic rings. The predicted octanol–water partition coefficient (Wildman–Crippen LogP) is 3.23. The minimum atomic E-state index is -0.000300. The van der Waals surface area contributed by atoms with Gasteiger partial charge in [-0.05, 0) is 54.7 Å². The first-order valence-corrected chi connectivity index (χ1v) is 8.51. The van der Waals surface area contributed by atoms with Crippen molar-refractivity contribution in [3.8, 4) is 0 Å². The van der Waals surface area contributed by atoms with Gasteiger partial charge in [-0.15, -0.1) is 24.0 Å². The van der Waals surface area contributed by atoms with Gasteiger partial charge in [-0.1, -0.05) is 30.3 Å². The average Bonchev–Trinajstić information content (AvgIpc) is 2.58. The molecule has 0 bridgehead atoms. The number of aliphatic imine (C=N–C) groups is 1. The van der Waals surface area contributed by atoms with Crippen LogP contribution in [0.3, 0.4) is 0 Å². The number of rotatable bonds is 3. The number of nitrogens with two attached hydrogens (primary N) is 1. The molecule has 1 amide bonds. The summed E-state index contributed by atoms with van der Waals surface area (Å²) in [6, 6.07) is 14.3. The standard InChI is InChI=1S/C20H24N4O.HI/c1-14-9-15(2)11-18(10-14)23-20(21)22-12-19(25)24-8-7-16-5-3-4-6-17(16)13-24;/h3-6,9-11H,7-8,12-13H2,1-2H3,(H3,21,22,23);1H. The van der Waals surface area contributed by atoms with Crippen LogP contribution in [0, 0.1) is 13.8 Å². The number of guanidine groups is 1. The van der Waals surface area contributed by atoms with Gasteiger partial charge in [-0.3, -0.25) is 4.79 Å². The molecule has 26 heavy (non-hydrogen) atoms. The number of amides is 1. The molecule has 0 unspecified atom stereocenters. The van der Waals surface area contributed by atoms with E-state index in [1.807, 2.05) is 43.0 Å². The van der Waals surface area contributed by atoms with E-state index in [1.165, 1.54) is 11.1 Å². The fraction of sp³-hybridized carbons (Fsp3) is 0.300. The zero-order chi connectivity index (χ0) is 17.8. The molecule has 0 atom stereocenters. The number of aryl methyl sites for hydroxylation is 2. The SMILES string of the molecule is Cc1cc(C)cc(NC(N)=NCC(=O)N2CCc3ccccc3C2)c1.I. The molecule has 1 heterocycles. The van der Waals surface area contributed by atoms with E-state index in [1.54, 1.807) is 0 Å². The fourth-order valence-electron chi connectivity index (χ4n) is 3.20. The third-order valence-corrected chi connectivity index (χ3v) is 4.36. The van der Waals surface area contributed by atoms with Gasteiger partial charge in [0, 0.05) is 18.8 Å². The van der Waals surface area contributed by atoms with Crippen LogP contribution in [0.15, 0.2) is 47.5 Å². The Balaban J connectivity index is 0.00000243. The van der Waals surface area contributed by atoms with Crippen LogP contribution in [0.25, 0.3) is 0 Å². The molecule has 5 nitrogen and oxygen atoms in total. The van der Waals surface area contributed by atoms with Gasteiger partial charge in [0.05, 0.1) is 0 Å². The summed E-state index contributed by atoms with van der Waals surface area (Å²) in [5.74, 6) is 0.260. The Labute approximate surface area is 171 Å².